The highest BCUT2D eigenvalue weighted by atomic mass is 28.1. The number of hydrogen-bond donors (Lipinski definition) is 1. The largest absolute Gasteiger partial charge is 0.507 e. The summed E-state index contributed by atoms with van der Waals surface area (Å²) in [5.41, 5.74) is -1.10. The summed E-state index contributed by atoms with van der Waals surface area (Å²) in [6, 6.07) is 5.77. The zero-order chi connectivity index (χ0) is 18.4. The average Bonchev–Trinajstić information content (AvgIpc) is 2.87. The summed E-state index contributed by atoms with van der Waals surface area (Å²) in [5.74, 6) is -0.573. The van der Waals surface area contributed by atoms with Crippen molar-refractivity contribution in [3.8, 4) is 16.9 Å². The Morgan fingerprint density at radius 3 is 2.52 bits per heavy atom. The number of halogens is 3. The number of phenolic OH excluding ortho intramolecular Hbond substituents is 1. The third-order valence-corrected chi connectivity index (χ3v) is 5.11. The van der Waals surface area contributed by atoms with E-state index in [4.69, 9.17) is 0 Å². The fraction of sp³-hybridized carbons (Fsp3) is 0.353. The van der Waals surface area contributed by atoms with Crippen LogP contribution in [0.15, 0.2) is 41.3 Å². The van der Waals surface area contributed by atoms with Gasteiger partial charge in [-0.15, -0.1) is 0 Å². The van der Waals surface area contributed by atoms with E-state index in [0.29, 0.717) is 19.0 Å². The van der Waals surface area contributed by atoms with Gasteiger partial charge in [0.25, 0.3) is 5.56 Å². The Balaban J connectivity index is 2.08. The topological polar surface area (TPSA) is 45.5 Å². The summed E-state index contributed by atoms with van der Waals surface area (Å²) < 4.78 is 39.8. The maximum atomic E-state index is 12.9. The molecule has 1 aliphatic heterocycles. The first-order valence-corrected chi connectivity index (χ1v) is 8.18. The molecule has 1 aliphatic rings. The molecule has 4 nitrogen and oxygen atoms in total. The van der Waals surface area contributed by atoms with Crippen LogP contribution in [-0.4, -0.2) is 45.0 Å². The molecule has 8 heteroatoms. The Kier molecular flexibility index (Phi) is 4.28. The Bertz CT molecular complexity index is 866. The number of alkyl halides is 3. The second-order valence-corrected chi connectivity index (χ2v) is 7.28. The molecule has 3 radical (unpaired) electrons. The fourth-order valence-electron chi connectivity index (χ4n) is 3.15. The van der Waals surface area contributed by atoms with Gasteiger partial charge < -0.3 is 14.6 Å². The number of phenols is 1. The Morgan fingerprint density at radius 1 is 1.24 bits per heavy atom. The SMILES string of the molecule is CN1CC[C@@]([Si])(n2cccc(-c3ccc(C(F)(F)F)cc3O)c2=O)C1. The quantitative estimate of drug-likeness (QED) is 0.832. The van der Waals surface area contributed by atoms with Crippen molar-refractivity contribution in [3.05, 3.63) is 52.4 Å². The van der Waals surface area contributed by atoms with Crippen molar-refractivity contribution in [2.45, 2.75) is 17.8 Å². The van der Waals surface area contributed by atoms with Crippen molar-refractivity contribution < 1.29 is 18.3 Å². The molecule has 3 rings (SSSR count). The van der Waals surface area contributed by atoms with E-state index in [2.05, 4.69) is 15.1 Å². The molecule has 0 amide bonds. The monoisotopic (exact) mass is 365 g/mol. The molecule has 2 heterocycles. The Labute approximate surface area is 145 Å². The van der Waals surface area contributed by atoms with Crippen molar-refractivity contribution in [3.63, 3.8) is 0 Å². The third-order valence-electron chi connectivity index (χ3n) is 4.46. The van der Waals surface area contributed by atoms with Crippen LogP contribution in [0.4, 0.5) is 13.2 Å². The molecule has 1 N–H and O–H groups in total. The summed E-state index contributed by atoms with van der Waals surface area (Å²) in [6.07, 6.45) is -2.21. The summed E-state index contributed by atoms with van der Waals surface area (Å²) in [5, 5.41) is 9.45. The standard InChI is InChI=1S/C17H16F3N2O2Si/c1-21-8-6-16(25,10-21)22-7-2-3-13(15(22)24)12-5-4-11(9-14(12)23)17(18,19)20/h2-5,7,9,23H,6,8,10H2,1H3/t16-/m0/s1. The maximum absolute atomic E-state index is 12.9. The number of benzene rings is 1. The molecule has 25 heavy (non-hydrogen) atoms. The molecule has 2 aromatic rings. The number of aromatic nitrogens is 1. The summed E-state index contributed by atoms with van der Waals surface area (Å²) in [7, 11) is 5.62. The number of likely N-dealkylation sites (tertiary alicyclic amines) is 1. The lowest BCUT2D eigenvalue weighted by molar-refractivity contribution is -0.137. The lowest BCUT2D eigenvalue weighted by atomic mass is 10.0. The van der Waals surface area contributed by atoms with Gasteiger partial charge in [-0.2, -0.15) is 13.2 Å². The highest BCUT2D eigenvalue weighted by Gasteiger charge is 2.35. The molecule has 0 bridgehead atoms. The van der Waals surface area contributed by atoms with Crippen LogP contribution in [0.2, 0.25) is 0 Å². The lowest BCUT2D eigenvalue weighted by Crippen LogP contribution is -2.43. The summed E-state index contributed by atoms with van der Waals surface area (Å²) in [6.45, 7) is 1.43. The molecule has 131 valence electrons. The van der Waals surface area contributed by atoms with Crippen molar-refractivity contribution in [2.24, 2.45) is 0 Å². The molecule has 0 unspecified atom stereocenters. The molecule has 0 aliphatic carbocycles. The van der Waals surface area contributed by atoms with Crippen LogP contribution in [0.25, 0.3) is 11.1 Å². The Morgan fingerprint density at radius 2 is 1.96 bits per heavy atom. The first kappa shape index (κ1) is 17.8. The number of hydrogen-bond acceptors (Lipinski definition) is 3. The molecular weight excluding hydrogens is 349 g/mol. The van der Waals surface area contributed by atoms with Gasteiger partial charge in [-0.05, 0) is 50.3 Å². The van der Waals surface area contributed by atoms with Gasteiger partial charge in [0.2, 0.25) is 0 Å². The second kappa shape index (κ2) is 6.03. The molecule has 1 fully saturated rings. The maximum Gasteiger partial charge on any atom is 0.416 e. The van der Waals surface area contributed by atoms with Crippen LogP contribution < -0.4 is 5.56 Å². The van der Waals surface area contributed by atoms with Crippen LogP contribution >= 0.6 is 0 Å². The minimum Gasteiger partial charge on any atom is -0.507 e. The van der Waals surface area contributed by atoms with Gasteiger partial charge in [0.15, 0.2) is 0 Å². The second-order valence-electron chi connectivity index (χ2n) is 6.35. The van der Waals surface area contributed by atoms with Gasteiger partial charge in [-0.3, -0.25) is 4.79 Å². The van der Waals surface area contributed by atoms with Crippen LogP contribution in [0.1, 0.15) is 12.0 Å². The van der Waals surface area contributed by atoms with Gasteiger partial charge >= 0.3 is 6.18 Å². The average molecular weight is 365 g/mol. The number of rotatable bonds is 2. The van der Waals surface area contributed by atoms with Crippen LogP contribution in [0.3, 0.4) is 0 Å². The minimum atomic E-state index is -4.55. The fourth-order valence-corrected chi connectivity index (χ4v) is 3.71. The van der Waals surface area contributed by atoms with Gasteiger partial charge in [0, 0.05) is 23.5 Å². The van der Waals surface area contributed by atoms with Gasteiger partial charge in [-0.25, -0.2) is 0 Å². The minimum absolute atomic E-state index is 0.0777. The van der Waals surface area contributed by atoms with Crippen LogP contribution in [0, 0.1) is 0 Å². The zero-order valence-corrected chi connectivity index (χ0v) is 14.5. The van der Waals surface area contributed by atoms with Crippen LogP contribution in [-0.2, 0) is 11.3 Å². The third kappa shape index (κ3) is 3.23. The normalized spacial score (nSPS) is 21.6. The number of aromatic hydroxyl groups is 1. The van der Waals surface area contributed by atoms with E-state index < -0.39 is 22.7 Å². The van der Waals surface area contributed by atoms with E-state index in [1.165, 1.54) is 10.6 Å². The van der Waals surface area contributed by atoms with E-state index in [0.717, 1.165) is 18.7 Å². The predicted octanol–water partition coefficient (Wildman–Crippen LogP) is 2.40. The smallest absolute Gasteiger partial charge is 0.416 e. The predicted molar refractivity (Wildman–Crippen MR) is 88.6 cm³/mol. The summed E-state index contributed by atoms with van der Waals surface area (Å²) >= 11 is 0. The van der Waals surface area contributed by atoms with Gasteiger partial charge in [-0.1, -0.05) is 0 Å². The van der Waals surface area contributed by atoms with Crippen LogP contribution in [0.5, 0.6) is 5.75 Å². The highest BCUT2D eigenvalue weighted by molar-refractivity contribution is 6.14. The van der Waals surface area contributed by atoms with E-state index in [1.54, 1.807) is 12.3 Å². The van der Waals surface area contributed by atoms with Crippen molar-refractivity contribution in [2.75, 3.05) is 20.1 Å². The number of nitrogens with zero attached hydrogens (tertiary/aromatic N) is 2. The zero-order valence-electron chi connectivity index (χ0n) is 13.5. The van der Waals surface area contributed by atoms with Crippen molar-refractivity contribution in [1.29, 1.82) is 0 Å². The highest BCUT2D eigenvalue weighted by Crippen LogP contribution is 2.35. The molecule has 0 spiro atoms. The molecule has 0 saturated carbocycles. The van der Waals surface area contributed by atoms with E-state index in [9.17, 15) is 23.1 Å². The summed E-state index contributed by atoms with van der Waals surface area (Å²) in [4.78, 5) is 15.0. The molecule has 1 atom stereocenters. The van der Waals surface area contributed by atoms with Gasteiger partial charge in [0.1, 0.15) is 5.75 Å². The van der Waals surface area contributed by atoms with Crippen molar-refractivity contribution >= 4 is 10.2 Å². The number of pyridine rings is 1. The van der Waals surface area contributed by atoms with Gasteiger partial charge in [0.05, 0.1) is 21.4 Å². The molecular formula is C17H16F3N2O2Si. The van der Waals surface area contributed by atoms with E-state index >= 15 is 0 Å². The molecule has 1 aromatic heterocycles. The van der Waals surface area contributed by atoms with Crippen molar-refractivity contribution in [1.82, 2.24) is 9.47 Å². The molecule has 1 saturated heterocycles. The molecule has 1 aromatic carbocycles. The number of likely N-dealkylation sites (N-methyl/N-ethyl adjacent to an activating group) is 1. The van der Waals surface area contributed by atoms with E-state index in [-0.39, 0.29) is 16.7 Å². The first-order valence-electron chi connectivity index (χ1n) is 7.68. The van der Waals surface area contributed by atoms with E-state index in [1.807, 2.05) is 7.05 Å². The lowest BCUT2D eigenvalue weighted by Gasteiger charge is -2.27. The Hall–Kier alpha value is -2.06. The first-order chi connectivity index (χ1) is 11.6.